The second kappa shape index (κ2) is 7.72. The largest absolute Gasteiger partial charge is 0.325 e. The monoisotopic (exact) mass is 417 g/mol. The lowest BCUT2D eigenvalue weighted by molar-refractivity contribution is -0.142. The standard InChI is InChI=1S/C20H23N3O5S/c24-18(13-23-19(25)16-5-1-2-6-17(16)20(23)26)21-14-7-9-15(10-8-14)29(27,28)22-11-3-4-12-22/h1-2,7-10,16-17H,3-6,11-13H2,(H,21,24)/t16-,17-/m0/s1. The molecular weight excluding hydrogens is 394 g/mol. The second-order valence-electron chi connectivity index (χ2n) is 7.60. The first-order valence-electron chi connectivity index (χ1n) is 9.78. The van der Waals surface area contributed by atoms with E-state index in [1.54, 1.807) is 0 Å². The summed E-state index contributed by atoms with van der Waals surface area (Å²) in [5.74, 6) is -1.82. The number of imide groups is 1. The molecule has 1 aliphatic carbocycles. The summed E-state index contributed by atoms with van der Waals surface area (Å²) in [5, 5.41) is 2.63. The maximum atomic E-state index is 12.5. The third kappa shape index (κ3) is 3.72. The molecule has 0 saturated carbocycles. The van der Waals surface area contributed by atoms with Crippen LogP contribution >= 0.6 is 0 Å². The van der Waals surface area contributed by atoms with Gasteiger partial charge in [-0.1, -0.05) is 12.2 Å². The van der Waals surface area contributed by atoms with E-state index in [4.69, 9.17) is 0 Å². The van der Waals surface area contributed by atoms with Crippen molar-refractivity contribution in [2.24, 2.45) is 11.8 Å². The van der Waals surface area contributed by atoms with Crippen LogP contribution in [0.3, 0.4) is 0 Å². The Balaban J connectivity index is 1.39. The molecule has 1 aromatic carbocycles. The zero-order valence-corrected chi connectivity index (χ0v) is 16.7. The van der Waals surface area contributed by atoms with Crippen LogP contribution in [0.1, 0.15) is 25.7 Å². The summed E-state index contributed by atoms with van der Waals surface area (Å²) in [6, 6.07) is 5.93. The summed E-state index contributed by atoms with van der Waals surface area (Å²) in [6.45, 7) is 0.713. The second-order valence-corrected chi connectivity index (χ2v) is 9.54. The van der Waals surface area contributed by atoms with Gasteiger partial charge in [0.1, 0.15) is 6.54 Å². The highest BCUT2D eigenvalue weighted by Gasteiger charge is 2.47. The SMILES string of the molecule is O=C(CN1C(=O)[C@H]2CC=CC[C@@H]2C1=O)Nc1ccc(S(=O)(=O)N2CCCC2)cc1. The molecule has 2 saturated heterocycles. The van der Waals surface area contributed by atoms with Crippen LogP contribution in [0.25, 0.3) is 0 Å². The lowest BCUT2D eigenvalue weighted by Gasteiger charge is -2.16. The maximum Gasteiger partial charge on any atom is 0.244 e. The molecule has 154 valence electrons. The number of sulfonamides is 1. The van der Waals surface area contributed by atoms with Crippen LogP contribution in [0.5, 0.6) is 0 Å². The number of nitrogens with zero attached hydrogens (tertiary/aromatic N) is 2. The van der Waals surface area contributed by atoms with E-state index in [0.717, 1.165) is 17.7 Å². The third-order valence-electron chi connectivity index (χ3n) is 5.74. The Morgan fingerprint density at radius 3 is 2.07 bits per heavy atom. The highest BCUT2D eigenvalue weighted by Crippen LogP contribution is 2.34. The van der Waals surface area contributed by atoms with Crippen LogP contribution in [0.15, 0.2) is 41.3 Å². The van der Waals surface area contributed by atoms with E-state index in [1.807, 2.05) is 12.2 Å². The number of allylic oxidation sites excluding steroid dienone is 2. The Morgan fingerprint density at radius 1 is 0.966 bits per heavy atom. The van der Waals surface area contributed by atoms with Crippen molar-refractivity contribution in [2.75, 3.05) is 25.0 Å². The van der Waals surface area contributed by atoms with Gasteiger partial charge in [0.05, 0.1) is 16.7 Å². The molecule has 2 aliphatic heterocycles. The minimum atomic E-state index is -3.51. The van der Waals surface area contributed by atoms with E-state index < -0.39 is 15.9 Å². The molecular formula is C20H23N3O5S. The lowest BCUT2D eigenvalue weighted by atomic mass is 9.85. The van der Waals surface area contributed by atoms with Crippen molar-refractivity contribution in [1.29, 1.82) is 0 Å². The van der Waals surface area contributed by atoms with Crippen molar-refractivity contribution < 1.29 is 22.8 Å². The molecule has 29 heavy (non-hydrogen) atoms. The maximum absolute atomic E-state index is 12.5. The summed E-state index contributed by atoms with van der Waals surface area (Å²) in [5.41, 5.74) is 0.411. The summed E-state index contributed by atoms with van der Waals surface area (Å²) >= 11 is 0. The topological polar surface area (TPSA) is 104 Å². The van der Waals surface area contributed by atoms with E-state index in [9.17, 15) is 22.8 Å². The molecule has 0 bridgehead atoms. The summed E-state index contributed by atoms with van der Waals surface area (Å²) in [7, 11) is -3.51. The lowest BCUT2D eigenvalue weighted by Crippen LogP contribution is -2.38. The van der Waals surface area contributed by atoms with Crippen molar-refractivity contribution in [2.45, 2.75) is 30.6 Å². The molecule has 9 heteroatoms. The first kappa shape index (κ1) is 19.8. The van der Waals surface area contributed by atoms with Crippen LogP contribution in [-0.4, -0.2) is 55.0 Å². The summed E-state index contributed by atoms with van der Waals surface area (Å²) in [4.78, 5) is 38.4. The van der Waals surface area contributed by atoms with Gasteiger partial charge in [-0.15, -0.1) is 0 Å². The smallest absolute Gasteiger partial charge is 0.244 e. The number of fused-ring (bicyclic) bond motifs is 1. The normalized spacial score (nSPS) is 24.8. The van der Waals surface area contributed by atoms with E-state index in [0.29, 0.717) is 31.6 Å². The number of likely N-dealkylation sites (tertiary alicyclic amines) is 1. The summed E-state index contributed by atoms with van der Waals surface area (Å²) < 4.78 is 26.5. The van der Waals surface area contributed by atoms with E-state index in [-0.39, 0.29) is 35.1 Å². The molecule has 2 atom stereocenters. The molecule has 3 amide bonds. The number of rotatable bonds is 5. The van der Waals surface area contributed by atoms with Gasteiger partial charge in [-0.25, -0.2) is 8.42 Å². The fourth-order valence-electron chi connectivity index (χ4n) is 4.16. The van der Waals surface area contributed by atoms with Crippen molar-refractivity contribution >= 4 is 33.4 Å². The number of anilines is 1. The number of hydrogen-bond donors (Lipinski definition) is 1. The van der Waals surface area contributed by atoms with E-state index >= 15 is 0 Å². The molecule has 8 nitrogen and oxygen atoms in total. The average molecular weight is 417 g/mol. The minimum Gasteiger partial charge on any atom is -0.325 e. The van der Waals surface area contributed by atoms with Crippen molar-refractivity contribution in [3.63, 3.8) is 0 Å². The van der Waals surface area contributed by atoms with E-state index in [2.05, 4.69) is 5.32 Å². The number of carbonyl (C=O) groups is 3. The van der Waals surface area contributed by atoms with Crippen LogP contribution in [0, 0.1) is 11.8 Å². The Kier molecular flexibility index (Phi) is 5.26. The molecule has 2 heterocycles. The van der Waals surface area contributed by atoms with Gasteiger partial charge < -0.3 is 5.32 Å². The van der Waals surface area contributed by atoms with Gasteiger partial charge in [0.2, 0.25) is 27.7 Å². The number of amides is 3. The zero-order chi connectivity index (χ0) is 20.6. The highest BCUT2D eigenvalue weighted by molar-refractivity contribution is 7.89. The van der Waals surface area contributed by atoms with Gasteiger partial charge in [0.25, 0.3) is 0 Å². The van der Waals surface area contributed by atoms with E-state index in [1.165, 1.54) is 28.6 Å². The highest BCUT2D eigenvalue weighted by atomic mass is 32.2. The molecule has 2 fully saturated rings. The number of hydrogen-bond acceptors (Lipinski definition) is 5. The first-order valence-corrected chi connectivity index (χ1v) is 11.2. The van der Waals surface area contributed by atoms with Crippen LogP contribution < -0.4 is 5.32 Å². The van der Waals surface area contributed by atoms with Crippen LogP contribution in [0.2, 0.25) is 0 Å². The van der Waals surface area contributed by atoms with Crippen molar-refractivity contribution in [1.82, 2.24) is 9.21 Å². The van der Waals surface area contributed by atoms with Gasteiger partial charge in [-0.2, -0.15) is 4.31 Å². The molecule has 4 rings (SSSR count). The predicted octanol–water partition coefficient (Wildman–Crippen LogP) is 1.36. The predicted molar refractivity (Wildman–Crippen MR) is 105 cm³/mol. The fourth-order valence-corrected chi connectivity index (χ4v) is 5.67. The van der Waals surface area contributed by atoms with Crippen molar-refractivity contribution in [3.8, 4) is 0 Å². The average Bonchev–Trinajstić information content (AvgIpc) is 3.34. The number of nitrogens with one attached hydrogen (secondary N) is 1. The van der Waals surface area contributed by atoms with Gasteiger partial charge in [-0.05, 0) is 49.9 Å². The Bertz CT molecular complexity index is 938. The molecule has 1 N–H and O–H groups in total. The molecule has 3 aliphatic rings. The Hall–Kier alpha value is -2.52. The van der Waals surface area contributed by atoms with Gasteiger partial charge in [-0.3, -0.25) is 19.3 Å². The van der Waals surface area contributed by atoms with Crippen molar-refractivity contribution in [3.05, 3.63) is 36.4 Å². The molecule has 0 aromatic heterocycles. The minimum absolute atomic E-state index is 0.180. The molecule has 0 radical (unpaired) electrons. The van der Waals surface area contributed by atoms with Gasteiger partial charge in [0, 0.05) is 18.8 Å². The first-order chi connectivity index (χ1) is 13.9. The molecule has 0 unspecified atom stereocenters. The third-order valence-corrected chi connectivity index (χ3v) is 7.65. The Morgan fingerprint density at radius 2 is 1.52 bits per heavy atom. The van der Waals surface area contributed by atoms with Gasteiger partial charge >= 0.3 is 0 Å². The zero-order valence-electron chi connectivity index (χ0n) is 15.9. The van der Waals surface area contributed by atoms with Crippen LogP contribution in [-0.2, 0) is 24.4 Å². The number of carbonyl (C=O) groups excluding carboxylic acids is 3. The van der Waals surface area contributed by atoms with Crippen LogP contribution in [0.4, 0.5) is 5.69 Å². The molecule has 1 aromatic rings. The molecule has 0 spiro atoms. The Labute approximate surface area is 169 Å². The van der Waals surface area contributed by atoms with Gasteiger partial charge in [0.15, 0.2) is 0 Å². The fraction of sp³-hybridized carbons (Fsp3) is 0.450. The summed E-state index contributed by atoms with van der Waals surface area (Å²) in [6.07, 6.45) is 6.57. The number of benzene rings is 1. The quantitative estimate of drug-likeness (QED) is 0.576.